The number of ether oxygens (including phenoxy) is 1. The summed E-state index contributed by atoms with van der Waals surface area (Å²) in [6.07, 6.45) is 1.59. The predicted octanol–water partition coefficient (Wildman–Crippen LogP) is 5.75. The van der Waals surface area contributed by atoms with Crippen molar-refractivity contribution in [2.75, 3.05) is 31.2 Å². The molecule has 7 nitrogen and oxygen atoms in total. The number of aliphatic imine (C=N–C) groups is 1. The third kappa shape index (κ3) is 4.48. The molecule has 4 rings (SSSR count). The van der Waals surface area contributed by atoms with Gasteiger partial charge in [0.25, 0.3) is 5.69 Å². The van der Waals surface area contributed by atoms with Crippen molar-refractivity contribution in [2.24, 2.45) is 4.99 Å². The zero-order valence-corrected chi connectivity index (χ0v) is 17.3. The molecule has 0 aliphatic carbocycles. The van der Waals surface area contributed by atoms with E-state index in [4.69, 9.17) is 32.4 Å². The first-order chi connectivity index (χ1) is 14.5. The monoisotopic (exact) mass is 445 g/mol. The summed E-state index contributed by atoms with van der Waals surface area (Å²) in [6.45, 7) is 3.23. The third-order valence-electron chi connectivity index (χ3n) is 4.69. The lowest BCUT2D eigenvalue weighted by atomic mass is 10.1. The molecule has 0 spiro atoms. The molecule has 0 saturated carbocycles. The van der Waals surface area contributed by atoms with Crippen LogP contribution in [0.3, 0.4) is 0 Å². The molecule has 9 heteroatoms. The molecule has 3 aromatic rings. The molecule has 1 fully saturated rings. The Morgan fingerprint density at radius 3 is 2.47 bits per heavy atom. The van der Waals surface area contributed by atoms with Gasteiger partial charge in [-0.15, -0.1) is 0 Å². The smallest absolute Gasteiger partial charge is 0.288 e. The van der Waals surface area contributed by atoms with Crippen molar-refractivity contribution in [3.63, 3.8) is 0 Å². The predicted molar refractivity (Wildman–Crippen MR) is 118 cm³/mol. The highest BCUT2D eigenvalue weighted by atomic mass is 35.5. The minimum Gasteiger partial charge on any atom is -0.455 e. The van der Waals surface area contributed by atoms with E-state index in [9.17, 15) is 10.1 Å². The highest BCUT2D eigenvalue weighted by Gasteiger charge is 2.19. The third-order valence-corrected chi connectivity index (χ3v) is 5.31. The summed E-state index contributed by atoms with van der Waals surface area (Å²) in [5.74, 6) is 0.889. The fourth-order valence-corrected chi connectivity index (χ4v) is 3.69. The maximum absolute atomic E-state index is 11.1. The van der Waals surface area contributed by atoms with Gasteiger partial charge in [-0.05, 0) is 42.5 Å². The van der Waals surface area contributed by atoms with Crippen LogP contribution in [0.5, 0.6) is 0 Å². The highest BCUT2D eigenvalue weighted by molar-refractivity contribution is 6.37. The Morgan fingerprint density at radius 1 is 1.03 bits per heavy atom. The number of hydrogen-bond acceptors (Lipinski definition) is 6. The molecule has 2 heterocycles. The van der Waals surface area contributed by atoms with E-state index in [-0.39, 0.29) is 15.7 Å². The van der Waals surface area contributed by atoms with Crippen LogP contribution in [0.2, 0.25) is 10.0 Å². The van der Waals surface area contributed by atoms with Gasteiger partial charge < -0.3 is 14.1 Å². The van der Waals surface area contributed by atoms with E-state index < -0.39 is 4.92 Å². The van der Waals surface area contributed by atoms with E-state index in [1.165, 1.54) is 12.1 Å². The Hall–Kier alpha value is -2.87. The van der Waals surface area contributed by atoms with Crippen LogP contribution in [0.1, 0.15) is 5.76 Å². The van der Waals surface area contributed by atoms with Gasteiger partial charge in [-0.2, -0.15) is 0 Å². The van der Waals surface area contributed by atoms with Gasteiger partial charge >= 0.3 is 0 Å². The van der Waals surface area contributed by atoms with E-state index >= 15 is 0 Å². The Kier molecular flexibility index (Phi) is 6.03. The molecule has 1 aliphatic heterocycles. The molecule has 0 amide bonds. The molecule has 1 aromatic heterocycles. The first-order valence-corrected chi connectivity index (χ1v) is 9.97. The van der Waals surface area contributed by atoms with Crippen molar-refractivity contribution in [3.8, 4) is 11.3 Å². The molecule has 0 unspecified atom stereocenters. The number of anilines is 1. The lowest BCUT2D eigenvalue weighted by Gasteiger charge is -2.28. The number of rotatable bonds is 5. The number of hydrogen-bond donors (Lipinski definition) is 0. The lowest BCUT2D eigenvalue weighted by Crippen LogP contribution is -2.36. The number of nitrogens with zero attached hydrogens (tertiary/aromatic N) is 3. The van der Waals surface area contributed by atoms with Crippen LogP contribution in [0.25, 0.3) is 11.3 Å². The molecular formula is C21H17Cl2N3O4. The zero-order valence-electron chi connectivity index (χ0n) is 15.8. The van der Waals surface area contributed by atoms with Crippen LogP contribution in [0, 0.1) is 10.1 Å². The summed E-state index contributed by atoms with van der Waals surface area (Å²) in [5.41, 5.74) is 2.08. The Labute approximate surface area is 182 Å². The SMILES string of the molecule is O=[N+]([O-])c1cc(-c2ccc(C=Nc3ccc(N4CCOCC4)cc3)o2)c(Cl)cc1Cl. The Balaban J connectivity index is 1.50. The standard InChI is InChI=1S/C21H17Cl2N3O4/c22-18-12-19(23)20(26(27)28)11-17(18)21-6-5-16(30-21)13-24-14-1-3-15(4-2-14)25-7-9-29-10-8-25/h1-6,11-13H,7-10H2. The Morgan fingerprint density at radius 2 is 1.77 bits per heavy atom. The molecule has 0 N–H and O–H groups in total. The molecule has 0 radical (unpaired) electrons. The van der Waals surface area contributed by atoms with Crippen molar-refractivity contribution >= 4 is 46.5 Å². The number of benzene rings is 2. The van der Waals surface area contributed by atoms with E-state index in [0.29, 0.717) is 17.1 Å². The van der Waals surface area contributed by atoms with Crippen LogP contribution in [0.15, 0.2) is 57.9 Å². The summed E-state index contributed by atoms with van der Waals surface area (Å²) < 4.78 is 11.1. The number of furan rings is 1. The largest absolute Gasteiger partial charge is 0.455 e. The molecule has 1 aliphatic rings. The average molecular weight is 446 g/mol. The number of morpholine rings is 1. The minimum absolute atomic E-state index is 0.0254. The average Bonchev–Trinajstić information content (AvgIpc) is 3.22. The summed E-state index contributed by atoms with van der Waals surface area (Å²) in [5, 5.41) is 11.4. The van der Waals surface area contributed by atoms with Crippen molar-refractivity contribution in [1.29, 1.82) is 0 Å². The van der Waals surface area contributed by atoms with E-state index in [2.05, 4.69) is 9.89 Å². The minimum atomic E-state index is -0.561. The number of nitro groups is 1. The van der Waals surface area contributed by atoms with Crippen molar-refractivity contribution < 1.29 is 14.1 Å². The first kappa shape index (κ1) is 20.4. The van der Waals surface area contributed by atoms with Gasteiger partial charge in [0.05, 0.1) is 35.1 Å². The topological polar surface area (TPSA) is 81.1 Å². The van der Waals surface area contributed by atoms with Crippen LogP contribution < -0.4 is 4.90 Å². The van der Waals surface area contributed by atoms with Gasteiger partial charge in [0.2, 0.25) is 0 Å². The van der Waals surface area contributed by atoms with E-state index in [1.54, 1.807) is 18.3 Å². The van der Waals surface area contributed by atoms with Crippen LogP contribution >= 0.6 is 23.2 Å². The van der Waals surface area contributed by atoms with Gasteiger partial charge in [-0.1, -0.05) is 23.2 Å². The maximum atomic E-state index is 11.1. The van der Waals surface area contributed by atoms with Crippen LogP contribution in [-0.2, 0) is 4.74 Å². The van der Waals surface area contributed by atoms with Crippen LogP contribution in [-0.4, -0.2) is 37.4 Å². The molecule has 0 atom stereocenters. The molecule has 154 valence electrons. The van der Waals surface area contributed by atoms with Crippen molar-refractivity contribution in [2.45, 2.75) is 0 Å². The molecule has 30 heavy (non-hydrogen) atoms. The fraction of sp³-hybridized carbons (Fsp3) is 0.190. The van der Waals surface area contributed by atoms with Gasteiger partial charge in [-0.3, -0.25) is 15.1 Å². The molecule has 0 bridgehead atoms. The summed E-state index contributed by atoms with van der Waals surface area (Å²) in [6, 6.07) is 14.0. The quantitative estimate of drug-likeness (QED) is 0.283. The fourth-order valence-electron chi connectivity index (χ4n) is 3.14. The molecule has 1 saturated heterocycles. The Bertz CT molecular complexity index is 1090. The first-order valence-electron chi connectivity index (χ1n) is 9.22. The second-order valence-electron chi connectivity index (χ2n) is 6.62. The van der Waals surface area contributed by atoms with Crippen LogP contribution in [0.4, 0.5) is 17.1 Å². The number of halogens is 2. The summed E-state index contributed by atoms with van der Waals surface area (Å²) >= 11 is 12.1. The summed E-state index contributed by atoms with van der Waals surface area (Å²) in [7, 11) is 0. The number of nitro benzene ring substituents is 1. The molecule has 2 aromatic carbocycles. The maximum Gasteiger partial charge on any atom is 0.288 e. The summed E-state index contributed by atoms with van der Waals surface area (Å²) in [4.78, 5) is 17.3. The van der Waals surface area contributed by atoms with Crippen molar-refractivity contribution in [1.82, 2.24) is 0 Å². The lowest BCUT2D eigenvalue weighted by molar-refractivity contribution is -0.384. The normalized spacial score (nSPS) is 14.4. The van der Waals surface area contributed by atoms with E-state index in [0.717, 1.165) is 37.7 Å². The second kappa shape index (κ2) is 8.87. The molecular weight excluding hydrogens is 429 g/mol. The van der Waals surface area contributed by atoms with Gasteiger partial charge in [0, 0.05) is 30.4 Å². The van der Waals surface area contributed by atoms with Crippen molar-refractivity contribution in [3.05, 3.63) is 74.5 Å². The van der Waals surface area contributed by atoms with E-state index in [1.807, 2.05) is 24.3 Å². The van der Waals surface area contributed by atoms with Gasteiger partial charge in [0.1, 0.15) is 16.5 Å². The zero-order chi connectivity index (χ0) is 21.1. The van der Waals surface area contributed by atoms with Gasteiger partial charge in [0.15, 0.2) is 0 Å². The highest BCUT2D eigenvalue weighted by Crippen LogP contribution is 2.37. The van der Waals surface area contributed by atoms with Gasteiger partial charge in [-0.25, -0.2) is 0 Å². The second-order valence-corrected chi connectivity index (χ2v) is 7.43.